The average Bonchev–Trinajstić information content (AvgIpc) is 2.04. The van der Waals surface area contributed by atoms with Crippen LogP contribution < -0.4 is 0 Å². The molecular weight excluding hydrogens is 231 g/mol. The van der Waals surface area contributed by atoms with Gasteiger partial charge in [0.2, 0.25) is 0 Å². The summed E-state index contributed by atoms with van der Waals surface area (Å²) in [5, 5.41) is 0. The minimum Gasteiger partial charge on any atom is -0.309 e. The molecular formula is C11H24Cl2N2. The lowest BCUT2D eigenvalue weighted by Gasteiger charge is -2.19. The first-order valence-corrected chi connectivity index (χ1v) is 4.79. The molecule has 0 unspecified atom stereocenters. The third kappa shape index (κ3) is 14.0. The summed E-state index contributed by atoms with van der Waals surface area (Å²) in [6, 6.07) is 0. The van der Waals surface area contributed by atoms with Gasteiger partial charge in [-0.15, -0.1) is 38.0 Å². The van der Waals surface area contributed by atoms with E-state index < -0.39 is 0 Å². The zero-order valence-corrected chi connectivity index (χ0v) is 11.4. The van der Waals surface area contributed by atoms with Crippen molar-refractivity contribution in [3.63, 3.8) is 0 Å². The van der Waals surface area contributed by atoms with Crippen molar-refractivity contribution in [3.8, 4) is 0 Å². The summed E-state index contributed by atoms with van der Waals surface area (Å²) >= 11 is 0. The van der Waals surface area contributed by atoms with Crippen LogP contribution in [-0.4, -0.2) is 50.1 Å². The second kappa shape index (κ2) is 14.0. The van der Waals surface area contributed by atoms with Gasteiger partial charge in [0.1, 0.15) is 0 Å². The Morgan fingerprint density at radius 1 is 0.933 bits per heavy atom. The van der Waals surface area contributed by atoms with Gasteiger partial charge in [-0.1, -0.05) is 12.2 Å². The molecule has 0 N–H and O–H groups in total. The Bertz CT molecular complexity index is 140. The molecule has 0 bridgehead atoms. The Kier molecular flexibility index (Phi) is 19.0. The maximum Gasteiger partial charge on any atom is 0.0163 e. The van der Waals surface area contributed by atoms with E-state index in [9.17, 15) is 0 Å². The lowest BCUT2D eigenvalue weighted by Crippen LogP contribution is -2.27. The zero-order chi connectivity index (χ0) is 10.1. The van der Waals surface area contributed by atoms with Gasteiger partial charge in [0.25, 0.3) is 0 Å². The van der Waals surface area contributed by atoms with Crippen molar-refractivity contribution >= 4 is 24.8 Å². The van der Waals surface area contributed by atoms with Crippen molar-refractivity contribution in [2.75, 3.05) is 40.3 Å². The fraction of sp³-hybridized carbons (Fsp3) is 0.636. The van der Waals surface area contributed by atoms with Gasteiger partial charge >= 0.3 is 0 Å². The van der Waals surface area contributed by atoms with Crippen LogP contribution in [0.2, 0.25) is 0 Å². The quantitative estimate of drug-likeness (QED) is 0.615. The molecule has 0 aliphatic heterocycles. The standard InChI is InChI=1S/C11H22N2.2ClH/c1-5-8-13(9-6-2)11-7-10-12(3)4;;/h5-6H,1-2,7-11H2,3-4H3;2*1H. The summed E-state index contributed by atoms with van der Waals surface area (Å²) in [6.07, 6.45) is 5.09. The first-order chi connectivity index (χ1) is 6.20. The van der Waals surface area contributed by atoms with Crippen molar-refractivity contribution in [2.45, 2.75) is 6.42 Å². The molecule has 0 rings (SSSR count). The van der Waals surface area contributed by atoms with E-state index in [1.807, 2.05) is 12.2 Å². The van der Waals surface area contributed by atoms with Crippen LogP contribution in [0, 0.1) is 0 Å². The second-order valence-electron chi connectivity index (χ2n) is 3.49. The van der Waals surface area contributed by atoms with Crippen molar-refractivity contribution in [1.29, 1.82) is 0 Å². The van der Waals surface area contributed by atoms with Gasteiger partial charge in [0, 0.05) is 19.6 Å². The molecule has 0 amide bonds. The highest BCUT2D eigenvalue weighted by Crippen LogP contribution is 1.93. The molecule has 4 heteroatoms. The summed E-state index contributed by atoms with van der Waals surface area (Å²) in [4.78, 5) is 4.55. The van der Waals surface area contributed by atoms with Gasteiger partial charge in [0.05, 0.1) is 0 Å². The lowest BCUT2D eigenvalue weighted by molar-refractivity contribution is 0.300. The second-order valence-corrected chi connectivity index (χ2v) is 3.49. The highest BCUT2D eigenvalue weighted by Gasteiger charge is 1.99. The third-order valence-electron chi connectivity index (χ3n) is 1.85. The summed E-state index contributed by atoms with van der Waals surface area (Å²) in [6.45, 7) is 11.7. The first-order valence-electron chi connectivity index (χ1n) is 4.79. The third-order valence-corrected chi connectivity index (χ3v) is 1.85. The average molecular weight is 255 g/mol. The van der Waals surface area contributed by atoms with Crippen molar-refractivity contribution in [2.24, 2.45) is 0 Å². The van der Waals surface area contributed by atoms with Crippen LogP contribution in [-0.2, 0) is 0 Å². The molecule has 0 aromatic carbocycles. The normalized spacial score (nSPS) is 9.33. The number of hydrogen-bond acceptors (Lipinski definition) is 2. The van der Waals surface area contributed by atoms with Crippen LogP contribution in [0.15, 0.2) is 25.3 Å². The van der Waals surface area contributed by atoms with Crippen molar-refractivity contribution in [1.82, 2.24) is 9.80 Å². The van der Waals surface area contributed by atoms with E-state index in [0.29, 0.717) is 0 Å². The summed E-state index contributed by atoms with van der Waals surface area (Å²) in [5.74, 6) is 0. The SMILES string of the molecule is C=CCN(CC=C)CCCN(C)C.Cl.Cl. The molecule has 0 aromatic rings. The maximum atomic E-state index is 3.74. The van der Waals surface area contributed by atoms with E-state index >= 15 is 0 Å². The van der Waals surface area contributed by atoms with Crippen LogP contribution in [0.25, 0.3) is 0 Å². The molecule has 0 saturated heterocycles. The van der Waals surface area contributed by atoms with E-state index in [2.05, 4.69) is 37.1 Å². The zero-order valence-electron chi connectivity index (χ0n) is 9.82. The Labute approximate surface area is 107 Å². The number of rotatable bonds is 8. The summed E-state index contributed by atoms with van der Waals surface area (Å²) < 4.78 is 0. The minimum absolute atomic E-state index is 0. The van der Waals surface area contributed by atoms with E-state index in [1.54, 1.807) is 0 Å². The maximum absolute atomic E-state index is 3.74. The molecule has 15 heavy (non-hydrogen) atoms. The molecule has 92 valence electrons. The molecule has 0 fully saturated rings. The monoisotopic (exact) mass is 254 g/mol. The fourth-order valence-corrected chi connectivity index (χ4v) is 1.23. The van der Waals surface area contributed by atoms with Crippen LogP contribution in [0.1, 0.15) is 6.42 Å². The summed E-state index contributed by atoms with van der Waals surface area (Å²) in [5.41, 5.74) is 0. The Morgan fingerprint density at radius 3 is 1.73 bits per heavy atom. The van der Waals surface area contributed by atoms with Crippen LogP contribution >= 0.6 is 24.8 Å². The van der Waals surface area contributed by atoms with Gasteiger partial charge in [-0.2, -0.15) is 0 Å². The van der Waals surface area contributed by atoms with Crippen LogP contribution in [0.4, 0.5) is 0 Å². The van der Waals surface area contributed by atoms with Gasteiger partial charge in [-0.3, -0.25) is 4.90 Å². The first kappa shape index (κ1) is 20.4. The number of nitrogens with zero attached hydrogens (tertiary/aromatic N) is 2. The smallest absolute Gasteiger partial charge is 0.0163 e. The van der Waals surface area contributed by atoms with Gasteiger partial charge in [-0.05, 0) is 27.1 Å². The van der Waals surface area contributed by atoms with Gasteiger partial charge in [-0.25, -0.2) is 0 Å². The molecule has 0 atom stereocenters. The molecule has 0 radical (unpaired) electrons. The number of hydrogen-bond donors (Lipinski definition) is 0. The summed E-state index contributed by atoms with van der Waals surface area (Å²) in [7, 11) is 4.21. The van der Waals surface area contributed by atoms with E-state index in [0.717, 1.165) is 26.2 Å². The van der Waals surface area contributed by atoms with Gasteiger partial charge < -0.3 is 4.90 Å². The molecule has 0 aliphatic carbocycles. The Balaban J connectivity index is -0.000000720. The molecule has 0 aromatic heterocycles. The largest absolute Gasteiger partial charge is 0.309 e. The Hall–Kier alpha value is -0.0200. The van der Waals surface area contributed by atoms with E-state index in [1.165, 1.54) is 6.42 Å². The molecule has 0 aliphatic rings. The van der Waals surface area contributed by atoms with E-state index in [-0.39, 0.29) is 24.8 Å². The lowest BCUT2D eigenvalue weighted by atomic mass is 10.3. The van der Waals surface area contributed by atoms with Crippen molar-refractivity contribution < 1.29 is 0 Å². The molecule has 0 saturated carbocycles. The highest BCUT2D eigenvalue weighted by molar-refractivity contribution is 5.85. The molecule has 0 heterocycles. The van der Waals surface area contributed by atoms with Crippen LogP contribution in [0.3, 0.4) is 0 Å². The fourth-order valence-electron chi connectivity index (χ4n) is 1.23. The topological polar surface area (TPSA) is 6.48 Å². The predicted molar refractivity (Wildman–Crippen MR) is 74.5 cm³/mol. The predicted octanol–water partition coefficient (Wildman–Crippen LogP) is 2.46. The minimum atomic E-state index is 0. The molecule has 0 spiro atoms. The highest BCUT2D eigenvalue weighted by atomic mass is 35.5. The van der Waals surface area contributed by atoms with Crippen molar-refractivity contribution in [3.05, 3.63) is 25.3 Å². The van der Waals surface area contributed by atoms with Crippen LogP contribution in [0.5, 0.6) is 0 Å². The molecule has 2 nitrogen and oxygen atoms in total. The van der Waals surface area contributed by atoms with E-state index in [4.69, 9.17) is 0 Å². The Morgan fingerprint density at radius 2 is 1.40 bits per heavy atom. The van der Waals surface area contributed by atoms with Gasteiger partial charge in [0.15, 0.2) is 0 Å². The number of halogens is 2.